The summed E-state index contributed by atoms with van der Waals surface area (Å²) in [4.78, 5) is 18.9. The number of hydrogen-bond donors (Lipinski definition) is 1. The number of carbonyl (C=O) groups is 1. The van der Waals surface area contributed by atoms with E-state index < -0.39 is 0 Å². The zero-order chi connectivity index (χ0) is 16.5. The molecular formula is C18H24N4O2. The van der Waals surface area contributed by atoms with Crippen LogP contribution in [0.4, 0.5) is 0 Å². The Kier molecular flexibility index (Phi) is 4.14. The minimum Gasteiger partial charge on any atom is -0.492 e. The molecule has 0 unspecified atom stereocenters. The first kappa shape index (κ1) is 15.4. The average Bonchev–Trinajstić information content (AvgIpc) is 3.16. The Labute approximate surface area is 141 Å². The maximum absolute atomic E-state index is 11.9. The lowest BCUT2D eigenvalue weighted by Crippen LogP contribution is -2.34. The Balaban J connectivity index is 1.39. The molecule has 0 aliphatic carbocycles. The van der Waals surface area contributed by atoms with Crippen molar-refractivity contribution in [2.75, 3.05) is 26.2 Å². The molecular weight excluding hydrogens is 304 g/mol. The molecule has 2 aromatic rings. The van der Waals surface area contributed by atoms with Gasteiger partial charge in [-0.2, -0.15) is 0 Å². The fraction of sp³-hybridized carbons (Fsp3) is 0.556. The second-order valence-corrected chi connectivity index (χ2v) is 6.75. The van der Waals surface area contributed by atoms with Crippen molar-refractivity contribution < 1.29 is 9.53 Å². The van der Waals surface area contributed by atoms with E-state index in [4.69, 9.17) is 4.74 Å². The molecule has 6 heteroatoms. The maximum Gasteiger partial charge on any atom is 0.268 e. The highest BCUT2D eigenvalue weighted by molar-refractivity contribution is 5.98. The summed E-state index contributed by atoms with van der Waals surface area (Å²) in [6.45, 7) is 6.74. The van der Waals surface area contributed by atoms with E-state index in [-0.39, 0.29) is 5.91 Å². The van der Waals surface area contributed by atoms with Gasteiger partial charge in [0.25, 0.3) is 5.91 Å². The highest BCUT2D eigenvalue weighted by atomic mass is 16.5. The van der Waals surface area contributed by atoms with Crippen molar-refractivity contribution in [3.05, 3.63) is 24.0 Å². The molecule has 4 rings (SSSR count). The molecule has 0 bridgehead atoms. The number of pyridine rings is 1. The van der Waals surface area contributed by atoms with E-state index >= 15 is 0 Å². The monoisotopic (exact) mass is 328 g/mol. The third-order valence-electron chi connectivity index (χ3n) is 5.11. The number of amides is 1. The molecule has 0 radical (unpaired) electrons. The minimum absolute atomic E-state index is 0.0264. The van der Waals surface area contributed by atoms with Crippen LogP contribution in [0.5, 0.6) is 5.75 Å². The van der Waals surface area contributed by atoms with Crippen LogP contribution in [0.25, 0.3) is 11.0 Å². The topological polar surface area (TPSA) is 59.4 Å². The maximum atomic E-state index is 11.9. The molecule has 0 aromatic carbocycles. The molecule has 24 heavy (non-hydrogen) atoms. The van der Waals surface area contributed by atoms with Crippen molar-refractivity contribution in [1.82, 2.24) is 19.8 Å². The molecule has 2 aromatic heterocycles. The Morgan fingerprint density at radius 2 is 2.29 bits per heavy atom. The number of hydrogen-bond acceptors (Lipinski definition) is 4. The quantitative estimate of drug-likeness (QED) is 0.853. The van der Waals surface area contributed by atoms with Crippen molar-refractivity contribution in [2.45, 2.75) is 38.8 Å². The summed E-state index contributed by atoms with van der Waals surface area (Å²) in [5, 5.41) is 3.83. The first-order valence-corrected chi connectivity index (χ1v) is 8.87. The number of nitrogens with one attached hydrogen (secondary N) is 1. The molecule has 128 valence electrons. The van der Waals surface area contributed by atoms with Crippen molar-refractivity contribution in [2.24, 2.45) is 0 Å². The van der Waals surface area contributed by atoms with E-state index in [1.54, 1.807) is 6.20 Å². The molecule has 4 heterocycles. The van der Waals surface area contributed by atoms with Crippen LogP contribution in [-0.2, 0) is 6.54 Å². The van der Waals surface area contributed by atoms with E-state index in [1.807, 2.05) is 16.7 Å². The van der Waals surface area contributed by atoms with Crippen molar-refractivity contribution in [1.29, 1.82) is 0 Å². The number of fused-ring (bicyclic) bond motifs is 3. The SMILES string of the molecule is C[C@H]1CCCN1CCCOc1cnc2c(c1)cc1n2CCNC1=O. The zero-order valence-electron chi connectivity index (χ0n) is 14.1. The fourth-order valence-corrected chi connectivity index (χ4v) is 3.77. The predicted molar refractivity (Wildman–Crippen MR) is 92.4 cm³/mol. The van der Waals surface area contributed by atoms with E-state index in [1.165, 1.54) is 19.4 Å². The van der Waals surface area contributed by atoms with Gasteiger partial charge in [-0.3, -0.25) is 4.79 Å². The summed E-state index contributed by atoms with van der Waals surface area (Å²) in [6, 6.07) is 4.59. The van der Waals surface area contributed by atoms with Gasteiger partial charge < -0.3 is 19.5 Å². The molecule has 2 aliphatic rings. The highest BCUT2D eigenvalue weighted by Gasteiger charge is 2.21. The number of likely N-dealkylation sites (tertiary alicyclic amines) is 1. The van der Waals surface area contributed by atoms with Crippen LogP contribution in [0.3, 0.4) is 0 Å². The third-order valence-corrected chi connectivity index (χ3v) is 5.11. The summed E-state index contributed by atoms with van der Waals surface area (Å²) >= 11 is 0. The van der Waals surface area contributed by atoms with Crippen LogP contribution < -0.4 is 10.1 Å². The molecule has 2 aliphatic heterocycles. The first-order chi connectivity index (χ1) is 11.7. The van der Waals surface area contributed by atoms with Crippen molar-refractivity contribution in [3.8, 4) is 5.75 Å². The Hall–Kier alpha value is -2.08. The average molecular weight is 328 g/mol. The summed E-state index contributed by atoms with van der Waals surface area (Å²) in [6.07, 6.45) is 5.42. The van der Waals surface area contributed by atoms with Gasteiger partial charge in [0.2, 0.25) is 0 Å². The van der Waals surface area contributed by atoms with Gasteiger partial charge in [-0.15, -0.1) is 0 Å². The summed E-state index contributed by atoms with van der Waals surface area (Å²) in [5.41, 5.74) is 1.54. The van der Waals surface area contributed by atoms with E-state index in [2.05, 4.69) is 22.1 Å². The van der Waals surface area contributed by atoms with Gasteiger partial charge in [-0.25, -0.2) is 4.98 Å². The van der Waals surface area contributed by atoms with Gasteiger partial charge in [0, 0.05) is 31.1 Å². The van der Waals surface area contributed by atoms with Crippen LogP contribution >= 0.6 is 0 Å². The van der Waals surface area contributed by atoms with Crippen LogP contribution in [0.2, 0.25) is 0 Å². The number of ether oxygens (including phenoxy) is 1. The lowest BCUT2D eigenvalue weighted by Gasteiger charge is -2.20. The first-order valence-electron chi connectivity index (χ1n) is 8.87. The standard InChI is InChI=1S/C18H24N4O2/c1-13-4-2-6-21(13)7-3-9-24-15-10-14-11-16-18(23)19-5-8-22(16)17(14)20-12-15/h10-13H,2-9H2,1H3,(H,19,23)/t13-/m0/s1. The van der Waals surface area contributed by atoms with Gasteiger partial charge in [-0.1, -0.05) is 0 Å². The molecule has 1 N–H and O–H groups in total. The molecule has 6 nitrogen and oxygen atoms in total. The summed E-state index contributed by atoms with van der Waals surface area (Å²) < 4.78 is 7.85. The van der Waals surface area contributed by atoms with Gasteiger partial charge in [0.1, 0.15) is 17.1 Å². The highest BCUT2D eigenvalue weighted by Crippen LogP contribution is 2.24. The van der Waals surface area contributed by atoms with Gasteiger partial charge in [0.05, 0.1) is 12.8 Å². The van der Waals surface area contributed by atoms with Gasteiger partial charge >= 0.3 is 0 Å². The van der Waals surface area contributed by atoms with Crippen LogP contribution in [0.15, 0.2) is 18.3 Å². The molecule has 1 saturated heterocycles. The van der Waals surface area contributed by atoms with Crippen LogP contribution in [0, 0.1) is 0 Å². The second-order valence-electron chi connectivity index (χ2n) is 6.75. The molecule has 1 atom stereocenters. The molecule has 1 fully saturated rings. The van der Waals surface area contributed by atoms with Crippen LogP contribution in [0.1, 0.15) is 36.7 Å². The second kappa shape index (κ2) is 6.43. The Bertz CT molecular complexity index is 755. The molecule has 0 saturated carbocycles. The molecule has 1 amide bonds. The lowest BCUT2D eigenvalue weighted by molar-refractivity contribution is 0.0929. The fourth-order valence-electron chi connectivity index (χ4n) is 3.77. The van der Waals surface area contributed by atoms with E-state index in [0.29, 0.717) is 24.9 Å². The van der Waals surface area contributed by atoms with Gasteiger partial charge in [0.15, 0.2) is 0 Å². The number of rotatable bonds is 5. The Morgan fingerprint density at radius 3 is 3.12 bits per heavy atom. The normalized spacial score (nSPS) is 21.0. The van der Waals surface area contributed by atoms with Gasteiger partial charge in [-0.05, 0) is 44.9 Å². The Morgan fingerprint density at radius 1 is 1.38 bits per heavy atom. The number of nitrogens with zero attached hydrogens (tertiary/aromatic N) is 3. The van der Waals surface area contributed by atoms with Crippen molar-refractivity contribution in [3.63, 3.8) is 0 Å². The van der Waals surface area contributed by atoms with Crippen molar-refractivity contribution >= 4 is 16.9 Å². The zero-order valence-corrected chi connectivity index (χ0v) is 14.1. The smallest absolute Gasteiger partial charge is 0.268 e. The van der Waals surface area contributed by atoms with E-state index in [9.17, 15) is 4.79 Å². The lowest BCUT2D eigenvalue weighted by atomic mass is 10.2. The largest absolute Gasteiger partial charge is 0.492 e. The predicted octanol–water partition coefficient (Wildman–Crippen LogP) is 2.03. The van der Waals surface area contributed by atoms with E-state index in [0.717, 1.165) is 36.3 Å². The summed E-state index contributed by atoms with van der Waals surface area (Å²) in [5.74, 6) is 0.752. The summed E-state index contributed by atoms with van der Waals surface area (Å²) in [7, 11) is 0. The minimum atomic E-state index is -0.0264. The van der Waals surface area contributed by atoms with Crippen LogP contribution in [-0.4, -0.2) is 52.6 Å². The number of aromatic nitrogens is 2. The number of carbonyl (C=O) groups excluding carboxylic acids is 1. The third kappa shape index (κ3) is 2.86. The molecule has 0 spiro atoms.